The molecule has 4 rings (SSSR count). The number of Topliss-reactive ketones (excluding diaryl/α,β-unsaturated/α-hetero) is 1. The highest BCUT2D eigenvalue weighted by Crippen LogP contribution is 2.35. The predicted molar refractivity (Wildman–Crippen MR) is 111 cm³/mol. The van der Waals surface area contributed by atoms with Crippen LogP contribution in [-0.2, 0) is 6.54 Å². The zero-order valence-electron chi connectivity index (χ0n) is 15.7. The number of hydrogen-bond donors (Lipinski definition) is 0. The molecule has 6 heteroatoms. The Hall–Kier alpha value is -3.49. The van der Waals surface area contributed by atoms with Crippen molar-refractivity contribution in [1.82, 2.24) is 4.57 Å². The standard InChI is InChI=1S/C23H17ClN2O3/c1-28-23-12-16-11-19(15-5-3-2-4-6-15)26(20(16)13-18(23)24)14-17-7-8-22(29-17)21(27)9-10-25/h2-8,11-13H,9,14H2,1H3. The summed E-state index contributed by atoms with van der Waals surface area (Å²) < 4.78 is 13.2. The Morgan fingerprint density at radius 1 is 1.17 bits per heavy atom. The second-order valence-electron chi connectivity index (χ2n) is 6.55. The minimum atomic E-state index is -0.327. The Balaban J connectivity index is 1.82. The van der Waals surface area contributed by atoms with Crippen LogP contribution in [0, 0.1) is 11.3 Å². The van der Waals surface area contributed by atoms with Gasteiger partial charge in [-0.15, -0.1) is 0 Å². The summed E-state index contributed by atoms with van der Waals surface area (Å²) in [6, 6.07) is 21.1. The van der Waals surface area contributed by atoms with Gasteiger partial charge >= 0.3 is 0 Å². The van der Waals surface area contributed by atoms with E-state index in [9.17, 15) is 4.79 Å². The van der Waals surface area contributed by atoms with Gasteiger partial charge in [0.15, 0.2) is 5.76 Å². The van der Waals surface area contributed by atoms with Crippen LogP contribution in [0.3, 0.4) is 0 Å². The van der Waals surface area contributed by atoms with Gasteiger partial charge in [-0.05, 0) is 35.9 Å². The number of ketones is 1. The highest BCUT2D eigenvalue weighted by Gasteiger charge is 2.16. The maximum atomic E-state index is 11.9. The van der Waals surface area contributed by atoms with Gasteiger partial charge in [0.05, 0.1) is 30.3 Å². The van der Waals surface area contributed by atoms with Gasteiger partial charge in [0, 0.05) is 11.1 Å². The molecule has 0 aliphatic rings. The first-order valence-electron chi connectivity index (χ1n) is 9.01. The summed E-state index contributed by atoms with van der Waals surface area (Å²) in [5.74, 6) is 1.09. The molecule has 0 fully saturated rings. The first-order chi connectivity index (χ1) is 14.1. The lowest BCUT2D eigenvalue weighted by Gasteiger charge is -2.10. The molecule has 0 aliphatic carbocycles. The molecule has 0 unspecified atom stereocenters. The fourth-order valence-corrected chi connectivity index (χ4v) is 3.60. The van der Waals surface area contributed by atoms with E-state index in [2.05, 4.69) is 10.6 Å². The highest BCUT2D eigenvalue weighted by molar-refractivity contribution is 6.32. The van der Waals surface area contributed by atoms with Crippen molar-refractivity contribution in [2.75, 3.05) is 7.11 Å². The van der Waals surface area contributed by atoms with E-state index in [1.807, 2.05) is 48.5 Å². The number of halogens is 1. The third-order valence-electron chi connectivity index (χ3n) is 4.73. The second kappa shape index (κ2) is 7.86. The number of methoxy groups -OCH3 is 1. The van der Waals surface area contributed by atoms with E-state index < -0.39 is 0 Å². The lowest BCUT2D eigenvalue weighted by atomic mass is 10.1. The van der Waals surface area contributed by atoms with E-state index in [-0.39, 0.29) is 18.0 Å². The van der Waals surface area contributed by atoms with Crippen molar-refractivity contribution in [1.29, 1.82) is 5.26 Å². The topological polar surface area (TPSA) is 68.2 Å². The van der Waals surface area contributed by atoms with Crippen LogP contribution in [0.5, 0.6) is 5.75 Å². The van der Waals surface area contributed by atoms with E-state index in [1.54, 1.807) is 19.2 Å². The summed E-state index contributed by atoms with van der Waals surface area (Å²) in [6.45, 7) is 0.413. The van der Waals surface area contributed by atoms with Crippen molar-refractivity contribution in [2.24, 2.45) is 0 Å². The number of furan rings is 1. The Bertz CT molecular complexity index is 1230. The van der Waals surface area contributed by atoms with Gasteiger partial charge in [0.2, 0.25) is 5.78 Å². The van der Waals surface area contributed by atoms with Crippen LogP contribution in [0.1, 0.15) is 22.7 Å². The zero-order chi connectivity index (χ0) is 20.4. The number of rotatable bonds is 6. The molecule has 29 heavy (non-hydrogen) atoms. The predicted octanol–water partition coefficient (Wildman–Crippen LogP) is 5.71. The van der Waals surface area contributed by atoms with Crippen LogP contribution in [-0.4, -0.2) is 17.5 Å². The maximum Gasteiger partial charge on any atom is 0.211 e. The third-order valence-corrected chi connectivity index (χ3v) is 5.03. The lowest BCUT2D eigenvalue weighted by molar-refractivity contribution is 0.0969. The summed E-state index contributed by atoms with van der Waals surface area (Å²) in [4.78, 5) is 11.9. The molecule has 144 valence electrons. The summed E-state index contributed by atoms with van der Waals surface area (Å²) in [6.07, 6.45) is -0.204. The Morgan fingerprint density at radius 2 is 1.97 bits per heavy atom. The summed E-state index contributed by atoms with van der Waals surface area (Å²) in [7, 11) is 1.59. The third kappa shape index (κ3) is 3.63. The lowest BCUT2D eigenvalue weighted by Crippen LogP contribution is -2.01. The van der Waals surface area contributed by atoms with E-state index in [4.69, 9.17) is 26.0 Å². The number of ether oxygens (including phenoxy) is 1. The molecule has 2 heterocycles. The quantitative estimate of drug-likeness (QED) is 0.386. The van der Waals surface area contributed by atoms with Gasteiger partial charge < -0.3 is 13.7 Å². The number of carbonyl (C=O) groups excluding carboxylic acids is 1. The number of fused-ring (bicyclic) bond motifs is 1. The second-order valence-corrected chi connectivity index (χ2v) is 6.96. The molecular weight excluding hydrogens is 388 g/mol. The molecule has 0 bridgehead atoms. The van der Waals surface area contributed by atoms with E-state index in [0.717, 1.165) is 22.2 Å². The molecule has 5 nitrogen and oxygen atoms in total. The van der Waals surface area contributed by atoms with Gasteiger partial charge in [0.25, 0.3) is 0 Å². The molecule has 0 saturated heterocycles. The molecule has 4 aromatic rings. The molecule has 0 saturated carbocycles. The normalized spacial score (nSPS) is 10.8. The van der Waals surface area contributed by atoms with Gasteiger partial charge in [0.1, 0.15) is 17.9 Å². The van der Waals surface area contributed by atoms with Crippen molar-refractivity contribution in [3.8, 4) is 23.1 Å². The fourth-order valence-electron chi connectivity index (χ4n) is 3.37. The summed E-state index contributed by atoms with van der Waals surface area (Å²) >= 11 is 6.38. The molecule has 0 aliphatic heterocycles. The van der Waals surface area contributed by atoms with Crippen molar-refractivity contribution in [2.45, 2.75) is 13.0 Å². The van der Waals surface area contributed by atoms with Gasteiger partial charge in [-0.1, -0.05) is 41.9 Å². The summed E-state index contributed by atoms with van der Waals surface area (Å²) in [5, 5.41) is 10.2. The fraction of sp³-hybridized carbons (Fsp3) is 0.130. The molecule has 2 aromatic carbocycles. The van der Waals surface area contributed by atoms with E-state index >= 15 is 0 Å². The minimum absolute atomic E-state index is 0.193. The van der Waals surface area contributed by atoms with Gasteiger partial charge in [-0.2, -0.15) is 5.26 Å². The monoisotopic (exact) mass is 404 g/mol. The van der Waals surface area contributed by atoms with Crippen molar-refractivity contribution >= 4 is 28.3 Å². The van der Waals surface area contributed by atoms with Crippen LogP contribution in [0.4, 0.5) is 0 Å². The van der Waals surface area contributed by atoms with Crippen molar-refractivity contribution in [3.05, 3.63) is 77.2 Å². The average molecular weight is 405 g/mol. The molecular formula is C23H17ClN2O3. The van der Waals surface area contributed by atoms with Crippen molar-refractivity contribution < 1.29 is 13.9 Å². The number of nitrogens with zero attached hydrogens (tertiary/aromatic N) is 2. The van der Waals surface area contributed by atoms with Gasteiger partial charge in [-0.25, -0.2) is 0 Å². The number of benzene rings is 2. The van der Waals surface area contributed by atoms with Crippen LogP contribution in [0.25, 0.3) is 22.2 Å². The number of nitriles is 1. The largest absolute Gasteiger partial charge is 0.495 e. The molecule has 0 N–H and O–H groups in total. The first-order valence-corrected chi connectivity index (χ1v) is 9.39. The van der Waals surface area contributed by atoms with Crippen molar-refractivity contribution in [3.63, 3.8) is 0 Å². The molecule has 0 amide bonds. The van der Waals surface area contributed by atoms with Crippen LogP contribution >= 0.6 is 11.6 Å². The first kappa shape index (κ1) is 18.9. The average Bonchev–Trinajstić information content (AvgIpc) is 3.34. The number of carbonyl (C=O) groups is 1. The Kier molecular flexibility index (Phi) is 5.11. The SMILES string of the molecule is COc1cc2cc(-c3ccccc3)n(Cc3ccc(C(=O)CC#N)o3)c2cc1Cl. The maximum absolute atomic E-state index is 11.9. The Morgan fingerprint density at radius 3 is 2.69 bits per heavy atom. The van der Waals surface area contributed by atoms with E-state index in [1.165, 1.54) is 0 Å². The molecule has 2 aromatic heterocycles. The minimum Gasteiger partial charge on any atom is -0.495 e. The van der Waals surface area contributed by atoms with Crippen LogP contribution in [0.15, 0.2) is 65.1 Å². The molecule has 0 atom stereocenters. The summed E-state index contributed by atoms with van der Waals surface area (Å²) in [5.41, 5.74) is 2.97. The van der Waals surface area contributed by atoms with Crippen LogP contribution in [0.2, 0.25) is 5.02 Å². The number of hydrogen-bond acceptors (Lipinski definition) is 4. The molecule has 0 radical (unpaired) electrons. The van der Waals surface area contributed by atoms with Crippen LogP contribution < -0.4 is 4.74 Å². The number of aromatic nitrogens is 1. The Labute approximate surface area is 172 Å². The molecule has 0 spiro atoms. The zero-order valence-corrected chi connectivity index (χ0v) is 16.4. The highest BCUT2D eigenvalue weighted by atomic mass is 35.5. The van der Waals surface area contributed by atoms with E-state index in [0.29, 0.717) is 23.1 Å². The van der Waals surface area contributed by atoms with Gasteiger partial charge in [-0.3, -0.25) is 4.79 Å². The smallest absolute Gasteiger partial charge is 0.211 e.